The molecule has 0 atom stereocenters. The van der Waals surface area contributed by atoms with Crippen LogP contribution in [0.1, 0.15) is 26.4 Å². The number of hydrazone groups is 1. The Kier molecular flexibility index (Phi) is 5.61. The van der Waals surface area contributed by atoms with Crippen LogP contribution in [0.15, 0.2) is 29.4 Å². The maximum Gasteiger partial charge on any atom is 0.356 e. The number of hydrogen-bond acceptors (Lipinski definition) is 5. The van der Waals surface area contributed by atoms with Crippen molar-refractivity contribution >= 4 is 58.6 Å². The molecule has 0 saturated heterocycles. The number of nitrogens with one attached hydrogen (secondary N) is 1. The molecule has 0 aliphatic heterocycles. The molecule has 1 heterocycles. The van der Waals surface area contributed by atoms with Crippen LogP contribution < -0.4 is 5.43 Å². The molecule has 0 spiro atoms. The van der Waals surface area contributed by atoms with Crippen LogP contribution in [0.2, 0.25) is 15.2 Å². The Morgan fingerprint density at radius 1 is 1.08 bits per heavy atom. The van der Waals surface area contributed by atoms with Crippen LogP contribution in [0.3, 0.4) is 0 Å². The zero-order valence-electron chi connectivity index (χ0n) is 11.6. The van der Waals surface area contributed by atoms with Crippen LogP contribution in [0.5, 0.6) is 0 Å². The molecule has 3 N–H and O–H groups in total. The van der Waals surface area contributed by atoms with Crippen molar-refractivity contribution in [3.8, 4) is 0 Å². The van der Waals surface area contributed by atoms with Crippen LogP contribution >= 0.6 is 34.8 Å². The second-order valence-corrected chi connectivity index (χ2v) is 5.44. The van der Waals surface area contributed by atoms with Gasteiger partial charge in [0.15, 0.2) is 10.8 Å². The number of carbonyl (C=O) groups is 2. The number of rotatable bonds is 5. The van der Waals surface area contributed by atoms with E-state index in [4.69, 9.17) is 45.0 Å². The van der Waals surface area contributed by atoms with Gasteiger partial charge < -0.3 is 10.2 Å². The summed E-state index contributed by atoms with van der Waals surface area (Å²) in [5, 5.41) is 21.3. The third-order valence-corrected chi connectivity index (χ3v) is 3.92. The van der Waals surface area contributed by atoms with E-state index in [0.29, 0.717) is 5.56 Å². The standard InChI is InChI=1S/C14H8Cl3N3O4/c15-8-10(9(16)12(17)19-11(8)14(23)24)20-18-5-6-3-1-2-4-7(6)13(21)22/h1-5H,(H,19,20)(H,21,22)(H,23,24)/b18-5+. The third kappa shape index (κ3) is 3.76. The number of carboxylic acids is 2. The average Bonchev–Trinajstić information content (AvgIpc) is 2.54. The van der Waals surface area contributed by atoms with Gasteiger partial charge in [-0.3, -0.25) is 5.43 Å². The highest BCUT2D eigenvalue weighted by molar-refractivity contribution is 6.46. The van der Waals surface area contributed by atoms with E-state index >= 15 is 0 Å². The Labute approximate surface area is 150 Å². The zero-order valence-corrected chi connectivity index (χ0v) is 13.9. The highest BCUT2D eigenvalue weighted by Gasteiger charge is 2.20. The summed E-state index contributed by atoms with van der Waals surface area (Å²) in [4.78, 5) is 25.8. The molecule has 2 aromatic rings. The first-order chi connectivity index (χ1) is 11.3. The van der Waals surface area contributed by atoms with Crippen molar-refractivity contribution in [3.63, 3.8) is 0 Å². The molecule has 124 valence electrons. The molecule has 0 unspecified atom stereocenters. The maximum absolute atomic E-state index is 11.1. The topological polar surface area (TPSA) is 112 Å². The number of nitrogens with zero attached hydrogens (tertiary/aromatic N) is 2. The quantitative estimate of drug-likeness (QED) is 0.407. The van der Waals surface area contributed by atoms with Gasteiger partial charge in [0.25, 0.3) is 0 Å². The maximum atomic E-state index is 11.1. The number of hydrogen-bond donors (Lipinski definition) is 3. The molecule has 0 bridgehead atoms. The summed E-state index contributed by atoms with van der Waals surface area (Å²) in [6.45, 7) is 0. The van der Waals surface area contributed by atoms with Crippen LogP contribution in [0.4, 0.5) is 5.69 Å². The van der Waals surface area contributed by atoms with Crippen LogP contribution in [0.25, 0.3) is 0 Å². The minimum absolute atomic E-state index is 0.0410. The molecule has 1 aromatic heterocycles. The fourth-order valence-electron chi connectivity index (χ4n) is 1.72. The van der Waals surface area contributed by atoms with Gasteiger partial charge in [0.05, 0.1) is 17.5 Å². The molecule has 0 aliphatic rings. The first kappa shape index (κ1) is 18.0. The van der Waals surface area contributed by atoms with Crippen molar-refractivity contribution < 1.29 is 19.8 Å². The fraction of sp³-hybridized carbons (Fsp3) is 0. The fourth-order valence-corrected chi connectivity index (χ4v) is 2.39. The molecular formula is C14H8Cl3N3O4. The molecular weight excluding hydrogens is 381 g/mol. The normalized spacial score (nSPS) is 10.8. The molecule has 2 rings (SSSR count). The molecule has 24 heavy (non-hydrogen) atoms. The molecule has 10 heteroatoms. The Morgan fingerprint density at radius 2 is 1.75 bits per heavy atom. The van der Waals surface area contributed by atoms with Gasteiger partial charge in [-0.2, -0.15) is 5.10 Å². The van der Waals surface area contributed by atoms with Gasteiger partial charge in [-0.15, -0.1) is 0 Å². The van der Waals surface area contributed by atoms with Crippen LogP contribution in [-0.2, 0) is 0 Å². The predicted octanol–water partition coefficient (Wildman–Crippen LogP) is 3.88. The highest BCUT2D eigenvalue weighted by atomic mass is 35.5. The Hall–Kier alpha value is -2.35. The number of pyridine rings is 1. The lowest BCUT2D eigenvalue weighted by Gasteiger charge is -2.09. The molecule has 0 amide bonds. The molecule has 0 aliphatic carbocycles. The van der Waals surface area contributed by atoms with Crippen molar-refractivity contribution in [1.29, 1.82) is 0 Å². The monoisotopic (exact) mass is 387 g/mol. The third-order valence-electron chi connectivity index (χ3n) is 2.81. The lowest BCUT2D eigenvalue weighted by molar-refractivity contribution is 0.0682. The second kappa shape index (κ2) is 7.48. The largest absolute Gasteiger partial charge is 0.478 e. The zero-order chi connectivity index (χ0) is 17.9. The minimum atomic E-state index is -1.39. The number of anilines is 1. The lowest BCUT2D eigenvalue weighted by Crippen LogP contribution is -2.06. The second-order valence-electron chi connectivity index (χ2n) is 4.32. The van der Waals surface area contributed by atoms with Crippen molar-refractivity contribution in [2.45, 2.75) is 0 Å². The van der Waals surface area contributed by atoms with Crippen LogP contribution in [-0.4, -0.2) is 33.4 Å². The summed E-state index contributed by atoms with van der Waals surface area (Å²) in [5.41, 5.74) is 2.27. The van der Waals surface area contributed by atoms with Crippen LogP contribution in [0, 0.1) is 0 Å². The predicted molar refractivity (Wildman–Crippen MR) is 90.8 cm³/mol. The van der Waals surface area contributed by atoms with E-state index in [9.17, 15) is 9.59 Å². The highest BCUT2D eigenvalue weighted by Crippen LogP contribution is 2.36. The Bertz CT molecular complexity index is 855. The summed E-state index contributed by atoms with van der Waals surface area (Å²) in [6.07, 6.45) is 1.23. The minimum Gasteiger partial charge on any atom is -0.478 e. The number of aromatic carboxylic acids is 2. The summed E-state index contributed by atoms with van der Waals surface area (Å²) in [6, 6.07) is 6.17. The van der Waals surface area contributed by atoms with Gasteiger partial charge in [0, 0.05) is 5.56 Å². The molecule has 0 fully saturated rings. The average molecular weight is 389 g/mol. The van der Waals surface area contributed by atoms with Gasteiger partial charge in [-0.25, -0.2) is 14.6 Å². The lowest BCUT2D eigenvalue weighted by atomic mass is 10.1. The van der Waals surface area contributed by atoms with E-state index < -0.39 is 17.6 Å². The first-order valence-corrected chi connectivity index (χ1v) is 7.35. The van der Waals surface area contributed by atoms with Crippen molar-refractivity contribution in [2.24, 2.45) is 5.10 Å². The van der Waals surface area contributed by atoms with Gasteiger partial charge in [-0.05, 0) is 6.07 Å². The summed E-state index contributed by atoms with van der Waals surface area (Å²) in [7, 11) is 0. The molecule has 7 nitrogen and oxygen atoms in total. The van der Waals surface area contributed by atoms with Gasteiger partial charge in [0.1, 0.15) is 10.0 Å². The Balaban J connectivity index is 2.36. The number of benzene rings is 1. The Morgan fingerprint density at radius 3 is 2.38 bits per heavy atom. The SMILES string of the molecule is O=C(O)c1ccccc1/C=N/Nc1c(Cl)c(Cl)nc(C(=O)O)c1Cl. The van der Waals surface area contributed by atoms with Gasteiger partial charge >= 0.3 is 11.9 Å². The number of carboxylic acid groups (broad SMARTS) is 2. The number of aromatic nitrogens is 1. The summed E-state index contributed by atoms with van der Waals surface area (Å²) >= 11 is 17.6. The van der Waals surface area contributed by atoms with E-state index in [-0.39, 0.29) is 26.4 Å². The van der Waals surface area contributed by atoms with Crippen molar-refractivity contribution in [1.82, 2.24) is 4.98 Å². The first-order valence-electron chi connectivity index (χ1n) is 6.22. The number of halogens is 3. The molecule has 0 saturated carbocycles. The van der Waals surface area contributed by atoms with Crippen molar-refractivity contribution in [3.05, 3.63) is 56.3 Å². The van der Waals surface area contributed by atoms with E-state index in [2.05, 4.69) is 15.5 Å². The molecule has 1 aromatic carbocycles. The molecule has 0 radical (unpaired) electrons. The van der Waals surface area contributed by atoms with Gasteiger partial charge in [0.2, 0.25) is 0 Å². The van der Waals surface area contributed by atoms with E-state index in [1.54, 1.807) is 18.2 Å². The van der Waals surface area contributed by atoms with E-state index in [1.165, 1.54) is 12.3 Å². The van der Waals surface area contributed by atoms with E-state index in [1.807, 2.05) is 0 Å². The van der Waals surface area contributed by atoms with Crippen molar-refractivity contribution in [2.75, 3.05) is 5.43 Å². The summed E-state index contributed by atoms with van der Waals surface area (Å²) < 4.78 is 0. The smallest absolute Gasteiger partial charge is 0.356 e. The van der Waals surface area contributed by atoms with Gasteiger partial charge in [-0.1, -0.05) is 53.0 Å². The van der Waals surface area contributed by atoms with E-state index in [0.717, 1.165) is 0 Å². The summed E-state index contributed by atoms with van der Waals surface area (Å²) in [5.74, 6) is -2.50.